The molecule has 1 heterocycles. The van der Waals surface area contributed by atoms with Crippen molar-refractivity contribution in [1.29, 1.82) is 0 Å². The van der Waals surface area contributed by atoms with Crippen LogP contribution < -0.4 is 10.6 Å². The molecule has 0 unspecified atom stereocenters. The molecule has 0 amide bonds. The summed E-state index contributed by atoms with van der Waals surface area (Å²) in [4.78, 5) is 3.45. The second-order valence-corrected chi connectivity index (χ2v) is 6.06. The Hall–Kier alpha value is -1.68. The summed E-state index contributed by atoms with van der Waals surface area (Å²) in [5.74, 6) is 0.787. The molecule has 0 saturated heterocycles. The zero-order chi connectivity index (χ0) is 13.9. The fraction of sp³-hybridized carbons (Fsp3) is 0.250. The molecule has 0 bridgehead atoms. The van der Waals surface area contributed by atoms with Gasteiger partial charge >= 0.3 is 0 Å². The van der Waals surface area contributed by atoms with Crippen LogP contribution in [0.25, 0.3) is 0 Å². The Labute approximate surface area is 122 Å². The van der Waals surface area contributed by atoms with Crippen LogP contribution in [-0.2, 0) is 6.42 Å². The number of halogens is 1. The summed E-state index contributed by atoms with van der Waals surface area (Å²) in [6.45, 7) is 2.00. The van der Waals surface area contributed by atoms with Crippen LogP contribution in [-0.4, -0.2) is 18.8 Å². The van der Waals surface area contributed by atoms with Crippen LogP contribution in [0, 0.1) is 5.82 Å². The van der Waals surface area contributed by atoms with E-state index in [9.17, 15) is 4.39 Å². The molecule has 1 aliphatic heterocycles. The minimum atomic E-state index is -0.185. The lowest BCUT2D eigenvalue weighted by Gasteiger charge is -2.20. The molecule has 2 aromatic carbocycles. The van der Waals surface area contributed by atoms with Crippen molar-refractivity contribution >= 4 is 23.1 Å². The first-order valence-electron chi connectivity index (χ1n) is 6.75. The zero-order valence-corrected chi connectivity index (χ0v) is 12.0. The molecule has 4 heteroatoms. The Morgan fingerprint density at radius 2 is 1.95 bits per heavy atom. The number of anilines is 2. The molecule has 2 aromatic rings. The molecule has 0 fully saturated rings. The van der Waals surface area contributed by atoms with E-state index in [1.54, 1.807) is 11.8 Å². The average Bonchev–Trinajstić information content (AvgIpc) is 2.86. The van der Waals surface area contributed by atoms with E-state index < -0.39 is 0 Å². The second-order valence-electron chi connectivity index (χ2n) is 4.89. The van der Waals surface area contributed by atoms with E-state index in [1.807, 2.05) is 24.3 Å². The third-order valence-electron chi connectivity index (χ3n) is 3.56. The van der Waals surface area contributed by atoms with E-state index in [-0.39, 0.29) is 5.82 Å². The highest BCUT2D eigenvalue weighted by molar-refractivity contribution is 7.99. The summed E-state index contributed by atoms with van der Waals surface area (Å²) >= 11 is 1.75. The van der Waals surface area contributed by atoms with E-state index in [0.717, 1.165) is 35.8 Å². The van der Waals surface area contributed by atoms with E-state index in [2.05, 4.69) is 11.0 Å². The van der Waals surface area contributed by atoms with Gasteiger partial charge in [-0.25, -0.2) is 4.39 Å². The van der Waals surface area contributed by atoms with Crippen LogP contribution in [0.1, 0.15) is 5.56 Å². The van der Waals surface area contributed by atoms with Gasteiger partial charge in [-0.2, -0.15) is 0 Å². The SMILES string of the molecule is Nc1cccc2c1N(CCSc1ccc(F)cc1)CC2. The Balaban J connectivity index is 1.60. The van der Waals surface area contributed by atoms with E-state index in [1.165, 1.54) is 23.4 Å². The van der Waals surface area contributed by atoms with Gasteiger partial charge in [0.25, 0.3) is 0 Å². The van der Waals surface area contributed by atoms with Gasteiger partial charge in [-0.3, -0.25) is 0 Å². The number of fused-ring (bicyclic) bond motifs is 1. The summed E-state index contributed by atoms with van der Waals surface area (Å²) < 4.78 is 12.8. The van der Waals surface area contributed by atoms with Gasteiger partial charge in [0.2, 0.25) is 0 Å². The van der Waals surface area contributed by atoms with E-state index >= 15 is 0 Å². The molecule has 2 N–H and O–H groups in total. The van der Waals surface area contributed by atoms with Gasteiger partial charge in [-0.15, -0.1) is 11.8 Å². The summed E-state index contributed by atoms with van der Waals surface area (Å²) in [6.07, 6.45) is 1.07. The number of thioether (sulfide) groups is 1. The fourth-order valence-electron chi connectivity index (χ4n) is 2.59. The molecule has 0 aliphatic carbocycles. The van der Waals surface area contributed by atoms with Crippen LogP contribution >= 0.6 is 11.8 Å². The quantitative estimate of drug-likeness (QED) is 0.689. The van der Waals surface area contributed by atoms with Crippen LogP contribution in [0.2, 0.25) is 0 Å². The maximum Gasteiger partial charge on any atom is 0.123 e. The Morgan fingerprint density at radius 3 is 2.75 bits per heavy atom. The highest BCUT2D eigenvalue weighted by Crippen LogP contribution is 2.33. The maximum absolute atomic E-state index is 12.8. The standard InChI is InChI=1S/C16H17FN2S/c17-13-4-6-14(7-5-13)20-11-10-19-9-8-12-2-1-3-15(18)16(12)19/h1-7H,8-11,18H2. The van der Waals surface area contributed by atoms with Gasteiger partial charge in [0.05, 0.1) is 11.4 Å². The van der Waals surface area contributed by atoms with Gasteiger partial charge in [-0.1, -0.05) is 12.1 Å². The van der Waals surface area contributed by atoms with Gasteiger partial charge < -0.3 is 10.6 Å². The topological polar surface area (TPSA) is 29.3 Å². The first-order valence-corrected chi connectivity index (χ1v) is 7.73. The first kappa shape index (κ1) is 13.3. The molecule has 104 valence electrons. The second kappa shape index (κ2) is 5.75. The van der Waals surface area contributed by atoms with Gasteiger partial charge in [0, 0.05) is 23.7 Å². The van der Waals surface area contributed by atoms with Crippen LogP contribution in [0.4, 0.5) is 15.8 Å². The fourth-order valence-corrected chi connectivity index (χ4v) is 3.47. The smallest absolute Gasteiger partial charge is 0.123 e. The van der Waals surface area contributed by atoms with E-state index in [4.69, 9.17) is 5.73 Å². The summed E-state index contributed by atoms with van der Waals surface area (Å²) in [7, 11) is 0. The maximum atomic E-state index is 12.8. The number of benzene rings is 2. The third kappa shape index (κ3) is 2.75. The Kier molecular flexibility index (Phi) is 3.83. The molecular formula is C16H17FN2S. The number of rotatable bonds is 4. The number of nitrogens with zero attached hydrogens (tertiary/aromatic N) is 1. The Morgan fingerprint density at radius 1 is 1.15 bits per heavy atom. The minimum Gasteiger partial charge on any atom is -0.397 e. The zero-order valence-electron chi connectivity index (χ0n) is 11.2. The largest absolute Gasteiger partial charge is 0.397 e. The van der Waals surface area contributed by atoms with Gasteiger partial charge in [0.1, 0.15) is 5.82 Å². The first-order chi connectivity index (χ1) is 9.74. The number of nitrogens with two attached hydrogens (primary N) is 1. The average molecular weight is 288 g/mol. The summed E-state index contributed by atoms with van der Waals surface area (Å²) in [6, 6.07) is 12.8. The number of hydrogen-bond acceptors (Lipinski definition) is 3. The molecule has 0 atom stereocenters. The molecule has 0 saturated carbocycles. The monoisotopic (exact) mass is 288 g/mol. The number of para-hydroxylation sites is 1. The van der Waals surface area contributed by atoms with Crippen molar-refractivity contribution in [2.75, 3.05) is 29.5 Å². The number of nitrogen functional groups attached to an aromatic ring is 1. The predicted molar refractivity (Wildman–Crippen MR) is 83.9 cm³/mol. The predicted octanol–water partition coefficient (Wildman–Crippen LogP) is 3.56. The lowest BCUT2D eigenvalue weighted by molar-refractivity contribution is 0.626. The molecule has 1 aliphatic rings. The normalized spacial score (nSPS) is 13.6. The van der Waals surface area contributed by atoms with Crippen molar-refractivity contribution in [3.05, 3.63) is 53.8 Å². The van der Waals surface area contributed by atoms with Crippen molar-refractivity contribution in [2.45, 2.75) is 11.3 Å². The highest BCUT2D eigenvalue weighted by Gasteiger charge is 2.20. The lowest BCUT2D eigenvalue weighted by atomic mass is 10.1. The minimum absolute atomic E-state index is 0.185. The molecule has 3 rings (SSSR count). The molecule has 0 spiro atoms. The molecule has 0 aromatic heterocycles. The van der Waals surface area contributed by atoms with Gasteiger partial charge in [-0.05, 0) is 42.3 Å². The van der Waals surface area contributed by atoms with Crippen molar-refractivity contribution in [3.8, 4) is 0 Å². The van der Waals surface area contributed by atoms with Crippen molar-refractivity contribution in [2.24, 2.45) is 0 Å². The summed E-state index contributed by atoms with van der Waals surface area (Å²) in [5.41, 5.74) is 9.48. The Bertz CT molecular complexity index is 598. The molecule has 20 heavy (non-hydrogen) atoms. The number of hydrogen-bond donors (Lipinski definition) is 1. The van der Waals surface area contributed by atoms with Gasteiger partial charge in [0.15, 0.2) is 0 Å². The molecule has 2 nitrogen and oxygen atoms in total. The van der Waals surface area contributed by atoms with Crippen molar-refractivity contribution in [3.63, 3.8) is 0 Å². The highest BCUT2D eigenvalue weighted by atomic mass is 32.2. The molecular weight excluding hydrogens is 271 g/mol. The summed E-state index contributed by atoms with van der Waals surface area (Å²) in [5, 5.41) is 0. The van der Waals surface area contributed by atoms with Crippen LogP contribution in [0.5, 0.6) is 0 Å². The van der Waals surface area contributed by atoms with E-state index in [0.29, 0.717) is 0 Å². The third-order valence-corrected chi connectivity index (χ3v) is 4.55. The van der Waals surface area contributed by atoms with Crippen LogP contribution in [0.15, 0.2) is 47.4 Å². The van der Waals surface area contributed by atoms with Crippen LogP contribution in [0.3, 0.4) is 0 Å². The van der Waals surface area contributed by atoms with Crippen molar-refractivity contribution < 1.29 is 4.39 Å². The lowest BCUT2D eigenvalue weighted by Crippen LogP contribution is -2.24. The van der Waals surface area contributed by atoms with Crippen molar-refractivity contribution in [1.82, 2.24) is 0 Å². The molecule has 0 radical (unpaired) electrons.